The molecule has 1 atom stereocenters. The van der Waals surface area contributed by atoms with Crippen LogP contribution < -0.4 is 16.0 Å². The molecule has 1 unspecified atom stereocenters. The van der Waals surface area contributed by atoms with Crippen molar-refractivity contribution in [3.05, 3.63) is 24.4 Å². The van der Waals surface area contributed by atoms with E-state index in [9.17, 15) is 0 Å². The van der Waals surface area contributed by atoms with Crippen molar-refractivity contribution >= 4 is 5.82 Å². The maximum absolute atomic E-state index is 5.94. The van der Waals surface area contributed by atoms with Gasteiger partial charge in [-0.3, -0.25) is 5.73 Å². The standard InChI is InChI=1S/C10H17N3/c1-8(2)9(11)7-13-6-4-3-5-10(13)12/h3-6,8-9,12H,7,11H2,1-2H3/p+1. The lowest BCUT2D eigenvalue weighted by molar-refractivity contribution is -0.685. The average molecular weight is 180 g/mol. The molecule has 1 aromatic rings. The highest BCUT2D eigenvalue weighted by Crippen LogP contribution is 1.99. The molecule has 0 radical (unpaired) electrons. The molecule has 3 nitrogen and oxygen atoms in total. The van der Waals surface area contributed by atoms with Crippen LogP contribution in [0.25, 0.3) is 0 Å². The number of hydrogen-bond donors (Lipinski definition) is 2. The van der Waals surface area contributed by atoms with Gasteiger partial charge in [0.1, 0.15) is 6.54 Å². The van der Waals surface area contributed by atoms with Crippen LogP contribution >= 0.6 is 0 Å². The minimum atomic E-state index is 0.162. The van der Waals surface area contributed by atoms with E-state index in [1.165, 1.54) is 0 Å². The van der Waals surface area contributed by atoms with Crippen molar-refractivity contribution in [2.45, 2.75) is 26.4 Å². The van der Waals surface area contributed by atoms with Gasteiger partial charge in [-0.05, 0) is 12.0 Å². The lowest BCUT2D eigenvalue weighted by Gasteiger charge is -2.14. The third-order valence-electron chi connectivity index (χ3n) is 2.24. The lowest BCUT2D eigenvalue weighted by Crippen LogP contribution is -2.47. The van der Waals surface area contributed by atoms with Gasteiger partial charge in [0.15, 0.2) is 0 Å². The van der Waals surface area contributed by atoms with E-state index in [1.54, 1.807) is 0 Å². The second-order valence-electron chi connectivity index (χ2n) is 3.69. The highest BCUT2D eigenvalue weighted by atomic mass is 15.0. The van der Waals surface area contributed by atoms with E-state index in [4.69, 9.17) is 11.5 Å². The first kappa shape index (κ1) is 9.99. The molecule has 0 aliphatic heterocycles. The van der Waals surface area contributed by atoms with E-state index in [0.717, 1.165) is 12.4 Å². The molecule has 0 amide bonds. The van der Waals surface area contributed by atoms with Crippen LogP contribution in [0.5, 0.6) is 0 Å². The SMILES string of the molecule is CC(C)C(N)C[n+]1ccccc1N. The summed E-state index contributed by atoms with van der Waals surface area (Å²) in [5.41, 5.74) is 11.7. The molecule has 0 saturated carbocycles. The second-order valence-corrected chi connectivity index (χ2v) is 3.69. The van der Waals surface area contributed by atoms with Crippen molar-refractivity contribution in [2.24, 2.45) is 11.7 Å². The van der Waals surface area contributed by atoms with E-state index in [0.29, 0.717) is 5.92 Å². The Kier molecular flexibility index (Phi) is 3.25. The molecule has 0 aromatic carbocycles. The van der Waals surface area contributed by atoms with Gasteiger partial charge >= 0.3 is 0 Å². The maximum atomic E-state index is 5.94. The Labute approximate surface area is 79.4 Å². The molecular weight excluding hydrogens is 162 g/mol. The first-order valence-electron chi connectivity index (χ1n) is 4.60. The van der Waals surface area contributed by atoms with Gasteiger partial charge in [-0.1, -0.05) is 19.9 Å². The van der Waals surface area contributed by atoms with E-state index < -0.39 is 0 Å². The normalized spacial score (nSPS) is 13.2. The van der Waals surface area contributed by atoms with Crippen LogP contribution in [0.2, 0.25) is 0 Å². The van der Waals surface area contributed by atoms with E-state index in [-0.39, 0.29) is 6.04 Å². The van der Waals surface area contributed by atoms with Crippen molar-refractivity contribution < 1.29 is 4.57 Å². The zero-order chi connectivity index (χ0) is 9.84. The largest absolute Gasteiger partial charge is 0.324 e. The van der Waals surface area contributed by atoms with E-state index >= 15 is 0 Å². The van der Waals surface area contributed by atoms with E-state index in [2.05, 4.69) is 13.8 Å². The maximum Gasteiger partial charge on any atom is 0.272 e. The smallest absolute Gasteiger partial charge is 0.272 e. The van der Waals surface area contributed by atoms with Crippen LogP contribution in [-0.4, -0.2) is 6.04 Å². The monoisotopic (exact) mass is 180 g/mol. The third kappa shape index (κ3) is 2.70. The molecule has 13 heavy (non-hydrogen) atoms. The number of hydrogen-bond acceptors (Lipinski definition) is 2. The fourth-order valence-electron chi connectivity index (χ4n) is 1.09. The molecule has 0 aliphatic rings. The van der Waals surface area contributed by atoms with Crippen molar-refractivity contribution in [3.63, 3.8) is 0 Å². The van der Waals surface area contributed by atoms with Gasteiger partial charge in [-0.15, -0.1) is 0 Å². The summed E-state index contributed by atoms with van der Waals surface area (Å²) in [6.07, 6.45) is 1.96. The van der Waals surface area contributed by atoms with Crippen LogP contribution in [-0.2, 0) is 6.54 Å². The minimum Gasteiger partial charge on any atom is -0.324 e. The van der Waals surface area contributed by atoms with Crippen molar-refractivity contribution in [1.29, 1.82) is 0 Å². The number of rotatable bonds is 3. The molecule has 0 aliphatic carbocycles. The molecule has 0 spiro atoms. The van der Waals surface area contributed by atoms with Gasteiger partial charge in [0.25, 0.3) is 5.82 Å². The highest BCUT2D eigenvalue weighted by molar-refractivity contribution is 5.18. The van der Waals surface area contributed by atoms with Crippen LogP contribution in [0.1, 0.15) is 13.8 Å². The van der Waals surface area contributed by atoms with Gasteiger partial charge in [-0.25, -0.2) is 4.57 Å². The summed E-state index contributed by atoms with van der Waals surface area (Å²) in [6.45, 7) is 5.01. The summed E-state index contributed by atoms with van der Waals surface area (Å²) < 4.78 is 1.98. The number of pyridine rings is 1. The summed E-state index contributed by atoms with van der Waals surface area (Å²) in [6, 6.07) is 5.93. The molecule has 1 rings (SSSR count). The Morgan fingerprint density at radius 2 is 2.08 bits per heavy atom. The van der Waals surface area contributed by atoms with Crippen molar-refractivity contribution in [3.8, 4) is 0 Å². The molecule has 4 N–H and O–H groups in total. The zero-order valence-electron chi connectivity index (χ0n) is 8.27. The van der Waals surface area contributed by atoms with Crippen molar-refractivity contribution in [1.82, 2.24) is 0 Å². The molecule has 72 valence electrons. The second kappa shape index (κ2) is 4.23. The van der Waals surface area contributed by atoms with Crippen molar-refractivity contribution in [2.75, 3.05) is 5.73 Å². The van der Waals surface area contributed by atoms with Gasteiger partial charge in [-0.2, -0.15) is 0 Å². The van der Waals surface area contributed by atoms with Crippen LogP contribution in [0.4, 0.5) is 5.82 Å². The molecule has 0 fully saturated rings. The lowest BCUT2D eigenvalue weighted by atomic mass is 10.1. The highest BCUT2D eigenvalue weighted by Gasteiger charge is 2.12. The number of nitrogen functional groups attached to an aromatic ring is 1. The summed E-state index contributed by atoms with van der Waals surface area (Å²) in [5, 5.41) is 0. The van der Waals surface area contributed by atoms with Gasteiger partial charge in [0.05, 0.1) is 6.20 Å². The molecule has 0 saturated heterocycles. The van der Waals surface area contributed by atoms with Gasteiger partial charge in [0, 0.05) is 12.1 Å². The summed E-state index contributed by atoms with van der Waals surface area (Å²) >= 11 is 0. The predicted molar refractivity (Wildman–Crippen MR) is 53.9 cm³/mol. The van der Waals surface area contributed by atoms with Crippen LogP contribution in [0, 0.1) is 5.92 Å². The number of nitrogens with two attached hydrogens (primary N) is 2. The minimum absolute atomic E-state index is 0.162. The van der Waals surface area contributed by atoms with E-state index in [1.807, 2.05) is 29.0 Å². The fourth-order valence-corrected chi connectivity index (χ4v) is 1.09. The molecule has 3 heteroatoms. The Hall–Kier alpha value is -1.09. The zero-order valence-corrected chi connectivity index (χ0v) is 8.27. The third-order valence-corrected chi connectivity index (χ3v) is 2.24. The summed E-state index contributed by atoms with van der Waals surface area (Å²) in [4.78, 5) is 0. The number of aromatic nitrogens is 1. The Morgan fingerprint density at radius 1 is 1.38 bits per heavy atom. The summed E-state index contributed by atoms with van der Waals surface area (Å²) in [5.74, 6) is 1.24. The molecule has 1 heterocycles. The number of anilines is 1. The predicted octanol–water partition coefficient (Wildman–Crippen LogP) is 0.540. The molecule has 0 bridgehead atoms. The summed E-state index contributed by atoms with van der Waals surface area (Å²) in [7, 11) is 0. The first-order chi connectivity index (χ1) is 6.11. The number of nitrogens with zero attached hydrogens (tertiary/aromatic N) is 1. The topological polar surface area (TPSA) is 55.9 Å². The average Bonchev–Trinajstić information content (AvgIpc) is 2.08. The van der Waals surface area contributed by atoms with Gasteiger partial charge in [0.2, 0.25) is 0 Å². The van der Waals surface area contributed by atoms with Gasteiger partial charge < -0.3 is 5.73 Å². The quantitative estimate of drug-likeness (QED) is 0.667. The molecular formula is C10H18N3+. The first-order valence-corrected chi connectivity index (χ1v) is 4.60. The Morgan fingerprint density at radius 3 is 2.62 bits per heavy atom. The van der Waals surface area contributed by atoms with Crippen LogP contribution in [0.15, 0.2) is 24.4 Å². The van der Waals surface area contributed by atoms with Crippen LogP contribution in [0.3, 0.4) is 0 Å². The molecule has 1 aromatic heterocycles. The fraction of sp³-hybridized carbons (Fsp3) is 0.500. The Bertz CT molecular complexity index is 271. The Balaban J connectivity index is 2.69.